The number of rotatable bonds is 6. The molecule has 0 aliphatic heterocycles. The molecule has 2 nitrogen and oxygen atoms in total. The van der Waals surface area contributed by atoms with Gasteiger partial charge in [-0.25, -0.2) is 0 Å². The first kappa shape index (κ1) is 25.7. The Balaban J connectivity index is -0.0000000772. The Hall–Kier alpha value is -0.0200. The van der Waals surface area contributed by atoms with E-state index in [9.17, 15) is 4.79 Å². The number of carbonyl (C=O) groups is 1. The van der Waals surface area contributed by atoms with Crippen LogP contribution in [0.4, 0.5) is 0 Å². The van der Waals surface area contributed by atoms with E-state index in [2.05, 4.69) is 38.7 Å². The van der Waals surface area contributed by atoms with Gasteiger partial charge in [-0.3, -0.25) is 0 Å². The zero-order chi connectivity index (χ0) is 14.5. The lowest BCUT2D eigenvalue weighted by molar-refractivity contribution is -0.108. The second kappa shape index (κ2) is 36.0. The molecule has 0 rings (SSSR count). The van der Waals surface area contributed by atoms with Gasteiger partial charge in [-0.05, 0) is 38.6 Å². The van der Waals surface area contributed by atoms with E-state index in [0.29, 0.717) is 5.92 Å². The molecule has 0 atom stereocenters. The Kier molecular flexibility index (Phi) is 54.5. The molecule has 0 saturated heterocycles. The van der Waals surface area contributed by atoms with Crippen LogP contribution >= 0.6 is 12.6 Å². The van der Waals surface area contributed by atoms with Crippen LogP contribution in [0.1, 0.15) is 60.3 Å². The Morgan fingerprint density at radius 2 is 1.71 bits per heavy atom. The van der Waals surface area contributed by atoms with Crippen LogP contribution in [0.2, 0.25) is 0 Å². The van der Waals surface area contributed by atoms with Crippen molar-refractivity contribution in [1.29, 1.82) is 0 Å². The fraction of sp³-hybridized carbons (Fsp3) is 0.929. The third-order valence-electron chi connectivity index (χ3n) is 1.64. The fourth-order valence-corrected chi connectivity index (χ4v) is 0.755. The van der Waals surface area contributed by atoms with Crippen LogP contribution in [0.15, 0.2) is 0 Å². The van der Waals surface area contributed by atoms with Crippen LogP contribution < -0.4 is 5.32 Å². The molecule has 0 unspecified atom stereocenters. The summed E-state index contributed by atoms with van der Waals surface area (Å²) in [5.41, 5.74) is 0. The van der Waals surface area contributed by atoms with Gasteiger partial charge < -0.3 is 10.1 Å². The van der Waals surface area contributed by atoms with Crippen molar-refractivity contribution in [1.82, 2.24) is 5.32 Å². The van der Waals surface area contributed by atoms with E-state index in [0.717, 1.165) is 25.7 Å². The molecule has 0 heterocycles. The van der Waals surface area contributed by atoms with Gasteiger partial charge in [-0.2, -0.15) is 12.6 Å². The minimum absolute atomic E-state index is 0.671. The van der Waals surface area contributed by atoms with Crippen molar-refractivity contribution >= 4 is 18.9 Å². The number of nitrogens with one attached hydrogen (secondary N) is 1. The average Bonchev–Trinajstić information content (AvgIpc) is 2.39. The molecule has 0 aliphatic carbocycles. The zero-order valence-electron chi connectivity index (χ0n) is 13.0. The molecule has 0 radical (unpaired) electrons. The van der Waals surface area contributed by atoms with Gasteiger partial charge in [0.25, 0.3) is 0 Å². The highest BCUT2D eigenvalue weighted by Crippen LogP contribution is 1.99. The highest BCUT2D eigenvalue weighted by molar-refractivity contribution is 7.79. The molecular formula is C14H35NOS. The predicted molar refractivity (Wildman–Crippen MR) is 85.2 cm³/mol. The third kappa shape index (κ3) is 64.1. The lowest BCUT2D eigenvalue weighted by Gasteiger charge is -1.95. The summed E-state index contributed by atoms with van der Waals surface area (Å²) in [7, 11) is 1.98. The summed E-state index contributed by atoms with van der Waals surface area (Å²) in [5, 5.41) is 3.07. The average molecular weight is 266 g/mol. The van der Waals surface area contributed by atoms with E-state index in [1.165, 1.54) is 12.8 Å². The van der Waals surface area contributed by atoms with Crippen LogP contribution in [-0.2, 0) is 4.79 Å². The summed E-state index contributed by atoms with van der Waals surface area (Å²) in [6, 6.07) is 0. The molecule has 3 heteroatoms. The zero-order valence-corrected chi connectivity index (χ0v) is 13.9. The Labute approximate surface area is 115 Å². The Morgan fingerprint density at radius 1 is 1.24 bits per heavy atom. The van der Waals surface area contributed by atoms with Crippen molar-refractivity contribution in [3.8, 4) is 0 Å². The number of carbonyl (C=O) groups excluding carboxylic acids is 1. The van der Waals surface area contributed by atoms with Crippen LogP contribution in [0.5, 0.6) is 0 Å². The normalized spacial score (nSPS) is 7.82. The van der Waals surface area contributed by atoms with Gasteiger partial charge >= 0.3 is 0 Å². The summed E-state index contributed by atoms with van der Waals surface area (Å²) in [6.07, 6.45) is 7.01. The lowest BCUT2D eigenvalue weighted by atomic mass is 10.1. The van der Waals surface area contributed by atoms with Gasteiger partial charge in [0.2, 0.25) is 0 Å². The van der Waals surface area contributed by atoms with Gasteiger partial charge in [0.1, 0.15) is 6.29 Å². The molecule has 0 aromatic carbocycles. The number of thiol groups is 1. The predicted octanol–water partition coefficient (Wildman–Crippen LogP) is 4.20. The van der Waals surface area contributed by atoms with E-state index in [4.69, 9.17) is 0 Å². The largest absolute Gasteiger partial charge is 0.320 e. The lowest BCUT2D eigenvalue weighted by Crippen LogP contribution is -2.06. The maximum Gasteiger partial charge on any atom is 0.120 e. The molecular weight excluding hydrogens is 230 g/mol. The van der Waals surface area contributed by atoms with E-state index < -0.39 is 0 Å². The molecule has 17 heavy (non-hydrogen) atoms. The SMILES string of the molecule is CC.CC(C)CCC=O.CCCCNC.CS. The first-order valence-corrected chi connectivity index (χ1v) is 7.61. The monoisotopic (exact) mass is 265 g/mol. The van der Waals surface area contributed by atoms with Crippen molar-refractivity contribution in [3.63, 3.8) is 0 Å². The Morgan fingerprint density at radius 3 is 1.82 bits per heavy atom. The summed E-state index contributed by atoms with van der Waals surface area (Å²) < 4.78 is 0. The van der Waals surface area contributed by atoms with Crippen LogP contribution in [-0.4, -0.2) is 26.1 Å². The van der Waals surface area contributed by atoms with Gasteiger partial charge in [0.05, 0.1) is 0 Å². The van der Waals surface area contributed by atoms with Gasteiger partial charge in [0, 0.05) is 6.42 Å². The highest BCUT2D eigenvalue weighted by Gasteiger charge is 1.89. The quantitative estimate of drug-likeness (QED) is 0.428. The number of hydrogen-bond donors (Lipinski definition) is 2. The molecule has 0 aromatic heterocycles. The maximum absolute atomic E-state index is 9.71. The smallest absolute Gasteiger partial charge is 0.120 e. The topological polar surface area (TPSA) is 29.1 Å². The van der Waals surface area contributed by atoms with Gasteiger partial charge in [0.15, 0.2) is 0 Å². The van der Waals surface area contributed by atoms with Crippen molar-refractivity contribution < 1.29 is 4.79 Å². The molecule has 0 amide bonds. The molecule has 0 saturated carbocycles. The second-order valence-corrected chi connectivity index (χ2v) is 3.59. The van der Waals surface area contributed by atoms with Gasteiger partial charge in [-0.1, -0.05) is 41.0 Å². The highest BCUT2D eigenvalue weighted by atomic mass is 32.1. The van der Waals surface area contributed by atoms with Crippen molar-refractivity contribution in [2.24, 2.45) is 5.92 Å². The van der Waals surface area contributed by atoms with Crippen molar-refractivity contribution in [3.05, 3.63) is 0 Å². The first-order chi connectivity index (χ1) is 8.18. The molecule has 0 fully saturated rings. The maximum atomic E-state index is 9.71. The Bertz CT molecular complexity index is 94.2. The van der Waals surface area contributed by atoms with Crippen molar-refractivity contribution in [2.45, 2.75) is 60.3 Å². The van der Waals surface area contributed by atoms with Crippen molar-refractivity contribution in [2.75, 3.05) is 19.8 Å². The molecule has 0 aliphatic rings. The number of unbranched alkanes of at least 4 members (excludes halogenated alkanes) is 1. The number of aldehydes is 1. The minimum atomic E-state index is 0.671. The second-order valence-electron chi connectivity index (χ2n) is 3.59. The summed E-state index contributed by atoms with van der Waals surface area (Å²) >= 11 is 3.53. The fourth-order valence-electron chi connectivity index (χ4n) is 0.755. The summed E-state index contributed by atoms with van der Waals surface area (Å²) in [5.74, 6) is 0.671. The third-order valence-corrected chi connectivity index (χ3v) is 1.64. The number of hydrogen-bond acceptors (Lipinski definition) is 3. The van der Waals surface area contributed by atoms with E-state index >= 15 is 0 Å². The summed E-state index contributed by atoms with van der Waals surface area (Å²) in [4.78, 5) is 9.71. The molecule has 0 spiro atoms. The molecule has 108 valence electrons. The first-order valence-electron chi connectivity index (χ1n) is 6.71. The summed E-state index contributed by atoms with van der Waals surface area (Å²) in [6.45, 7) is 11.6. The standard InChI is InChI=1S/C6H12O.C5H13N.C2H6.CH4S/c1-6(2)4-3-5-7;1-3-4-5-6-2;2*1-2/h5-6H,3-4H2,1-2H3;6H,3-5H2,1-2H3;1-2H3;2H,1H3. The van der Waals surface area contributed by atoms with E-state index in [1.54, 1.807) is 6.26 Å². The van der Waals surface area contributed by atoms with Crippen LogP contribution in [0.3, 0.4) is 0 Å². The van der Waals surface area contributed by atoms with Crippen LogP contribution in [0, 0.1) is 5.92 Å². The van der Waals surface area contributed by atoms with E-state index in [-0.39, 0.29) is 0 Å². The van der Waals surface area contributed by atoms with Gasteiger partial charge in [-0.15, -0.1) is 0 Å². The van der Waals surface area contributed by atoms with E-state index in [1.807, 2.05) is 20.9 Å². The minimum Gasteiger partial charge on any atom is -0.320 e. The molecule has 0 bridgehead atoms. The molecule has 0 aromatic rings. The molecule has 1 N–H and O–H groups in total. The van der Waals surface area contributed by atoms with Crippen LogP contribution in [0.25, 0.3) is 0 Å².